The quantitative estimate of drug-likeness (QED) is 0.0969. The van der Waals surface area contributed by atoms with E-state index in [1.165, 1.54) is 13.8 Å². The highest BCUT2D eigenvalue weighted by atomic mass is 16.6. The van der Waals surface area contributed by atoms with E-state index in [0.717, 1.165) is 32.6 Å². The van der Waals surface area contributed by atoms with Gasteiger partial charge in [0.2, 0.25) is 0 Å². The molecule has 3 rings (SSSR count). The minimum atomic E-state index is -2.57. The van der Waals surface area contributed by atoms with Crippen molar-refractivity contribution in [3.05, 3.63) is 22.8 Å². The number of rotatable bonds is 13. The van der Waals surface area contributed by atoms with Gasteiger partial charge in [0.1, 0.15) is 11.7 Å². The largest absolute Gasteiger partial charge is 0.459 e. The molecule has 0 bridgehead atoms. The summed E-state index contributed by atoms with van der Waals surface area (Å²) in [6.07, 6.45) is 0.272. The lowest BCUT2D eigenvalue weighted by Crippen LogP contribution is -2.64. The van der Waals surface area contributed by atoms with Gasteiger partial charge in [0.25, 0.3) is 0 Å². The summed E-state index contributed by atoms with van der Waals surface area (Å²) in [6.45, 7) is 12.4. The van der Waals surface area contributed by atoms with Crippen LogP contribution in [0.2, 0.25) is 0 Å². The number of ether oxygens (including phenoxy) is 5. The van der Waals surface area contributed by atoms with Crippen molar-refractivity contribution in [2.45, 2.75) is 154 Å². The van der Waals surface area contributed by atoms with Crippen LogP contribution in [0.4, 0.5) is 0 Å². The summed E-state index contributed by atoms with van der Waals surface area (Å²) in [7, 11) is 0. The molecule has 0 radical (unpaired) electrons. The third-order valence-corrected chi connectivity index (χ3v) is 9.51. The van der Waals surface area contributed by atoms with Crippen LogP contribution in [0.25, 0.3) is 0 Å². The fourth-order valence-electron chi connectivity index (χ4n) is 6.90. The maximum atomic E-state index is 13.3. The Labute approximate surface area is 270 Å². The first-order chi connectivity index (χ1) is 21.5. The monoisotopic (exact) mass is 650 g/mol. The van der Waals surface area contributed by atoms with Crippen LogP contribution < -0.4 is 0 Å². The Morgan fingerprint density at radius 3 is 2.15 bits per heavy atom. The van der Waals surface area contributed by atoms with E-state index in [0.29, 0.717) is 12.8 Å². The number of carbonyl (C=O) groups excluding carboxylic acids is 5. The number of carbonyl (C=O) groups is 5. The average Bonchev–Trinajstić information content (AvgIpc) is 3.30. The van der Waals surface area contributed by atoms with Crippen LogP contribution in [-0.4, -0.2) is 81.3 Å². The lowest BCUT2D eigenvalue weighted by Gasteiger charge is -2.41. The molecule has 1 aliphatic heterocycles. The minimum absolute atomic E-state index is 0.0234. The van der Waals surface area contributed by atoms with Gasteiger partial charge in [0, 0.05) is 31.8 Å². The van der Waals surface area contributed by atoms with Crippen LogP contribution in [-0.2, 0) is 47.7 Å². The van der Waals surface area contributed by atoms with Crippen molar-refractivity contribution >= 4 is 29.8 Å². The first-order valence-electron chi connectivity index (χ1n) is 16.3. The summed E-state index contributed by atoms with van der Waals surface area (Å²) in [4.78, 5) is 65.1. The van der Waals surface area contributed by atoms with Gasteiger partial charge in [-0.15, -0.1) is 0 Å². The first-order valence-corrected chi connectivity index (χ1v) is 16.3. The lowest BCUT2D eigenvalue weighted by molar-refractivity contribution is -0.212. The van der Waals surface area contributed by atoms with Gasteiger partial charge < -0.3 is 33.9 Å². The summed E-state index contributed by atoms with van der Waals surface area (Å²) in [5.41, 5.74) is -6.12. The van der Waals surface area contributed by atoms with E-state index in [4.69, 9.17) is 23.7 Å². The highest BCUT2D eigenvalue weighted by molar-refractivity contribution is 5.88. The predicted octanol–water partition coefficient (Wildman–Crippen LogP) is 3.93. The molecule has 0 aromatic heterocycles. The van der Waals surface area contributed by atoms with Crippen molar-refractivity contribution in [3.8, 4) is 0 Å². The molecule has 2 N–H and O–H groups in total. The molecule has 1 heterocycles. The van der Waals surface area contributed by atoms with Crippen LogP contribution in [0.1, 0.15) is 113 Å². The van der Waals surface area contributed by atoms with Crippen LogP contribution in [0.3, 0.4) is 0 Å². The van der Waals surface area contributed by atoms with Gasteiger partial charge in [-0.2, -0.15) is 0 Å². The Hall–Kier alpha value is -3.25. The van der Waals surface area contributed by atoms with Crippen molar-refractivity contribution < 1.29 is 57.9 Å². The first kappa shape index (κ1) is 37.2. The Morgan fingerprint density at radius 2 is 1.57 bits per heavy atom. The molecule has 12 nitrogen and oxygen atoms in total. The molecule has 1 saturated heterocycles. The zero-order chi connectivity index (χ0) is 34.6. The maximum absolute atomic E-state index is 13.3. The van der Waals surface area contributed by atoms with Crippen LogP contribution >= 0.6 is 0 Å². The molecule has 0 aromatic carbocycles. The van der Waals surface area contributed by atoms with E-state index in [2.05, 4.69) is 6.92 Å². The van der Waals surface area contributed by atoms with E-state index >= 15 is 0 Å². The summed E-state index contributed by atoms with van der Waals surface area (Å²) in [5.74, 6) is -5.03. The second-order valence-corrected chi connectivity index (χ2v) is 13.1. The average molecular weight is 651 g/mol. The molecule has 2 fully saturated rings. The van der Waals surface area contributed by atoms with Crippen molar-refractivity contribution in [2.75, 3.05) is 0 Å². The molecule has 0 amide bonds. The summed E-state index contributed by atoms with van der Waals surface area (Å²) in [6, 6.07) is 0. The molecule has 2 aliphatic carbocycles. The topological polar surface area (TPSA) is 172 Å². The third-order valence-electron chi connectivity index (χ3n) is 9.51. The smallest absolute Gasteiger partial charge is 0.341 e. The number of aliphatic hydroxyl groups is 2. The highest BCUT2D eigenvalue weighted by Gasteiger charge is 2.76. The fraction of sp³-hybridized carbons (Fsp3) is 0.735. The molecule has 0 aromatic rings. The molecular formula is C34H50O12. The summed E-state index contributed by atoms with van der Waals surface area (Å²) < 4.78 is 29.3. The third kappa shape index (κ3) is 7.02. The van der Waals surface area contributed by atoms with Crippen LogP contribution in [0, 0.1) is 5.92 Å². The minimum Gasteiger partial charge on any atom is -0.459 e. The Kier molecular flexibility index (Phi) is 11.9. The highest BCUT2D eigenvalue weighted by Crippen LogP contribution is 2.57. The van der Waals surface area contributed by atoms with Gasteiger partial charge in [-0.25, -0.2) is 9.59 Å². The Morgan fingerprint density at radius 1 is 0.935 bits per heavy atom. The Bertz CT molecular complexity index is 1260. The van der Waals surface area contributed by atoms with Crippen molar-refractivity contribution in [2.24, 2.45) is 5.92 Å². The van der Waals surface area contributed by atoms with Gasteiger partial charge in [0.05, 0.1) is 5.92 Å². The van der Waals surface area contributed by atoms with E-state index in [1.54, 1.807) is 33.8 Å². The zero-order valence-electron chi connectivity index (χ0n) is 28.3. The molecule has 258 valence electrons. The van der Waals surface area contributed by atoms with Gasteiger partial charge in [-0.05, 0) is 58.6 Å². The second-order valence-electron chi connectivity index (χ2n) is 13.1. The molecule has 1 saturated carbocycles. The number of hydrogen-bond donors (Lipinski definition) is 2. The Balaban J connectivity index is 2.23. The predicted molar refractivity (Wildman–Crippen MR) is 164 cm³/mol. The molecular weight excluding hydrogens is 600 g/mol. The molecule has 5 unspecified atom stereocenters. The fourth-order valence-corrected chi connectivity index (χ4v) is 6.90. The van der Waals surface area contributed by atoms with Crippen molar-refractivity contribution in [1.29, 1.82) is 0 Å². The van der Waals surface area contributed by atoms with Crippen LogP contribution in [0.5, 0.6) is 0 Å². The molecule has 0 spiro atoms. The number of hydrogen-bond acceptors (Lipinski definition) is 12. The van der Waals surface area contributed by atoms with Crippen LogP contribution in [0.15, 0.2) is 22.8 Å². The van der Waals surface area contributed by atoms with E-state index in [1.807, 2.05) is 0 Å². The molecule has 12 heteroatoms. The van der Waals surface area contributed by atoms with Gasteiger partial charge in [0.15, 0.2) is 29.5 Å². The van der Waals surface area contributed by atoms with E-state index in [9.17, 15) is 34.2 Å². The molecule has 3 aliphatic rings. The zero-order valence-corrected chi connectivity index (χ0v) is 28.3. The van der Waals surface area contributed by atoms with Gasteiger partial charge in [-0.3, -0.25) is 14.4 Å². The molecule has 8 atom stereocenters. The van der Waals surface area contributed by atoms with E-state index in [-0.39, 0.29) is 29.6 Å². The van der Waals surface area contributed by atoms with Gasteiger partial charge >= 0.3 is 29.8 Å². The molecule has 46 heavy (non-hydrogen) atoms. The standard InChI is InChI=1S/C34H50O12/c1-9-12-13-14-15-17-24(37)43-28-26-25(20(5)27(28)44-30(38)19(4)11-3)29-34(41,33(8,40)31(39)45-29)22(42-23(36)16-10-2)18-32(26,7)46-21(6)35/h11,22,26-29,40-41H,9-10,12-18H2,1-8H3/t22?,26?,27?,28?,29?,32-,33+,34+/m0/s1. The SMILES string of the molecule is CC=C(C)C(=O)OC1C(C)=C2C3OC(=O)[C@@](C)(O)[C@@]3(O)C(OC(=O)CCC)C[C@](C)(OC(C)=O)C2C1OC(=O)CCCCCCC. The summed E-state index contributed by atoms with van der Waals surface area (Å²) >= 11 is 0. The number of allylic oxidation sites excluding steroid dienone is 1. The number of unbranched alkanes of at least 4 members (excludes halogenated alkanes) is 4. The summed E-state index contributed by atoms with van der Waals surface area (Å²) in [5, 5.41) is 23.9. The van der Waals surface area contributed by atoms with Crippen molar-refractivity contribution in [3.63, 3.8) is 0 Å². The number of esters is 5. The van der Waals surface area contributed by atoms with E-state index < -0.39 is 83.4 Å². The lowest BCUT2D eigenvalue weighted by atomic mass is 9.75. The number of fused-ring (bicyclic) bond motifs is 3. The normalized spacial score (nSPS) is 33.8. The van der Waals surface area contributed by atoms with Gasteiger partial charge in [-0.1, -0.05) is 45.6 Å². The maximum Gasteiger partial charge on any atom is 0.341 e. The van der Waals surface area contributed by atoms with Crippen molar-refractivity contribution in [1.82, 2.24) is 0 Å². The second kappa shape index (κ2) is 14.7.